The molecular formula is C17H20N2O2. The van der Waals surface area contributed by atoms with Crippen molar-refractivity contribution in [1.82, 2.24) is 10.3 Å². The highest BCUT2D eigenvalue weighted by Crippen LogP contribution is 2.20. The number of fused-ring (bicyclic) bond motifs is 1. The molecule has 0 saturated heterocycles. The van der Waals surface area contributed by atoms with Gasteiger partial charge in [-0.05, 0) is 31.9 Å². The normalized spacial score (nSPS) is 16.8. The van der Waals surface area contributed by atoms with Crippen LogP contribution in [0.15, 0.2) is 36.5 Å². The number of para-hydroxylation sites is 1. The van der Waals surface area contributed by atoms with Gasteiger partial charge >= 0.3 is 0 Å². The van der Waals surface area contributed by atoms with Crippen LogP contribution in [-0.2, 0) is 4.79 Å². The number of carbonyl (C=O) groups excluding carboxylic acids is 1. The third kappa shape index (κ3) is 3.32. The monoisotopic (exact) mass is 284 g/mol. The average Bonchev–Trinajstić information content (AvgIpc) is 3.00. The molecule has 4 heteroatoms. The molecule has 0 aliphatic heterocycles. The first-order chi connectivity index (χ1) is 10.2. The average molecular weight is 284 g/mol. The van der Waals surface area contributed by atoms with Crippen molar-refractivity contribution in [2.24, 2.45) is 0 Å². The molecule has 1 fully saturated rings. The van der Waals surface area contributed by atoms with E-state index in [-0.39, 0.29) is 5.91 Å². The molecule has 1 heterocycles. The lowest BCUT2D eigenvalue weighted by Crippen LogP contribution is -2.41. The minimum absolute atomic E-state index is 0.0462. The van der Waals surface area contributed by atoms with Gasteiger partial charge in [0.05, 0.1) is 11.7 Å². The second-order valence-corrected chi connectivity index (χ2v) is 5.61. The molecule has 1 unspecified atom stereocenters. The van der Waals surface area contributed by atoms with Crippen LogP contribution in [0.4, 0.5) is 0 Å². The van der Waals surface area contributed by atoms with E-state index < -0.39 is 6.10 Å². The van der Waals surface area contributed by atoms with Crippen LogP contribution in [0.5, 0.6) is 5.75 Å². The maximum atomic E-state index is 12.1. The quantitative estimate of drug-likeness (QED) is 0.938. The van der Waals surface area contributed by atoms with E-state index in [0.29, 0.717) is 11.8 Å². The number of amides is 1. The zero-order valence-electron chi connectivity index (χ0n) is 12.2. The summed E-state index contributed by atoms with van der Waals surface area (Å²) in [7, 11) is 0. The van der Waals surface area contributed by atoms with E-state index >= 15 is 0 Å². The molecule has 1 N–H and O–H groups in total. The molecule has 21 heavy (non-hydrogen) atoms. The van der Waals surface area contributed by atoms with Gasteiger partial charge in [0.25, 0.3) is 5.91 Å². The molecule has 2 aromatic rings. The minimum Gasteiger partial charge on any atom is -0.479 e. The largest absolute Gasteiger partial charge is 0.479 e. The Labute approximate surface area is 124 Å². The number of nitrogens with zero attached hydrogens (tertiary/aromatic N) is 1. The number of rotatable bonds is 4. The van der Waals surface area contributed by atoms with Gasteiger partial charge in [0, 0.05) is 11.4 Å². The maximum absolute atomic E-state index is 12.1. The zero-order valence-corrected chi connectivity index (χ0v) is 12.2. The topological polar surface area (TPSA) is 51.2 Å². The van der Waals surface area contributed by atoms with Crippen LogP contribution < -0.4 is 10.1 Å². The molecule has 1 aromatic heterocycles. The van der Waals surface area contributed by atoms with Gasteiger partial charge in [-0.2, -0.15) is 0 Å². The van der Waals surface area contributed by atoms with Gasteiger partial charge in [0.15, 0.2) is 6.10 Å². The predicted octanol–water partition coefficient (Wildman–Crippen LogP) is 3.06. The summed E-state index contributed by atoms with van der Waals surface area (Å²) >= 11 is 0. The second kappa shape index (κ2) is 6.12. The number of benzene rings is 1. The highest BCUT2D eigenvalue weighted by Gasteiger charge is 2.21. The lowest BCUT2D eigenvalue weighted by atomic mass is 10.2. The molecule has 0 spiro atoms. The summed E-state index contributed by atoms with van der Waals surface area (Å²) in [6.07, 6.45) is 5.73. The van der Waals surface area contributed by atoms with Crippen molar-refractivity contribution in [2.45, 2.75) is 44.8 Å². The molecule has 110 valence electrons. The number of pyridine rings is 1. The Morgan fingerprint density at radius 2 is 2.10 bits per heavy atom. The van der Waals surface area contributed by atoms with Gasteiger partial charge in [-0.3, -0.25) is 9.78 Å². The first kappa shape index (κ1) is 13.9. The molecule has 3 rings (SSSR count). The molecule has 1 saturated carbocycles. The van der Waals surface area contributed by atoms with E-state index in [4.69, 9.17) is 4.74 Å². The van der Waals surface area contributed by atoms with Crippen LogP contribution in [0.1, 0.15) is 32.6 Å². The van der Waals surface area contributed by atoms with Crippen molar-refractivity contribution in [1.29, 1.82) is 0 Å². The van der Waals surface area contributed by atoms with Gasteiger partial charge in [0.1, 0.15) is 5.75 Å². The standard InChI is InChI=1S/C17H20N2O2/c1-12(17(20)19-14-7-3-4-8-14)21-15-10-13-6-2-5-9-16(13)18-11-15/h2,5-6,9-12,14H,3-4,7-8H2,1H3,(H,19,20). The van der Waals surface area contributed by atoms with Crippen LogP contribution in [0.2, 0.25) is 0 Å². The Morgan fingerprint density at radius 1 is 1.33 bits per heavy atom. The van der Waals surface area contributed by atoms with Crippen molar-refractivity contribution in [3.05, 3.63) is 36.5 Å². The number of hydrogen-bond donors (Lipinski definition) is 1. The van der Waals surface area contributed by atoms with E-state index in [0.717, 1.165) is 23.7 Å². The Morgan fingerprint density at radius 3 is 2.90 bits per heavy atom. The maximum Gasteiger partial charge on any atom is 0.260 e. The number of ether oxygens (including phenoxy) is 1. The Kier molecular flexibility index (Phi) is 4.04. The van der Waals surface area contributed by atoms with Crippen LogP contribution in [0.25, 0.3) is 10.9 Å². The Bertz CT molecular complexity index is 635. The number of nitrogens with one attached hydrogen (secondary N) is 1. The van der Waals surface area contributed by atoms with Gasteiger partial charge in [-0.1, -0.05) is 31.0 Å². The van der Waals surface area contributed by atoms with Gasteiger partial charge < -0.3 is 10.1 Å². The number of carbonyl (C=O) groups is 1. The minimum atomic E-state index is -0.506. The van der Waals surface area contributed by atoms with Crippen LogP contribution in [0.3, 0.4) is 0 Å². The highest BCUT2D eigenvalue weighted by atomic mass is 16.5. The van der Waals surface area contributed by atoms with Gasteiger partial charge in [-0.25, -0.2) is 0 Å². The van der Waals surface area contributed by atoms with Crippen molar-refractivity contribution in [3.63, 3.8) is 0 Å². The van der Waals surface area contributed by atoms with Gasteiger partial charge in [0.2, 0.25) is 0 Å². The molecular weight excluding hydrogens is 264 g/mol. The summed E-state index contributed by atoms with van der Waals surface area (Å²) in [6, 6.07) is 10.1. The fourth-order valence-corrected chi connectivity index (χ4v) is 2.76. The second-order valence-electron chi connectivity index (χ2n) is 5.61. The van der Waals surface area contributed by atoms with E-state index in [1.807, 2.05) is 30.3 Å². The molecule has 1 aliphatic rings. The summed E-state index contributed by atoms with van der Waals surface area (Å²) < 4.78 is 5.72. The summed E-state index contributed by atoms with van der Waals surface area (Å²) in [6.45, 7) is 1.78. The number of hydrogen-bond acceptors (Lipinski definition) is 3. The summed E-state index contributed by atoms with van der Waals surface area (Å²) in [4.78, 5) is 16.5. The first-order valence-electron chi connectivity index (χ1n) is 7.54. The fourth-order valence-electron chi connectivity index (χ4n) is 2.76. The SMILES string of the molecule is CC(Oc1cnc2ccccc2c1)C(=O)NC1CCCC1. The zero-order chi connectivity index (χ0) is 14.7. The summed E-state index contributed by atoms with van der Waals surface area (Å²) in [5.74, 6) is 0.581. The highest BCUT2D eigenvalue weighted by molar-refractivity contribution is 5.82. The predicted molar refractivity (Wildman–Crippen MR) is 82.2 cm³/mol. The number of aromatic nitrogens is 1. The van der Waals surface area contributed by atoms with E-state index in [9.17, 15) is 4.79 Å². The molecule has 4 nitrogen and oxygen atoms in total. The van der Waals surface area contributed by atoms with Crippen LogP contribution in [0, 0.1) is 0 Å². The first-order valence-corrected chi connectivity index (χ1v) is 7.54. The van der Waals surface area contributed by atoms with Crippen LogP contribution >= 0.6 is 0 Å². The Balaban J connectivity index is 1.64. The van der Waals surface area contributed by atoms with E-state index in [1.54, 1.807) is 13.1 Å². The molecule has 1 amide bonds. The smallest absolute Gasteiger partial charge is 0.260 e. The third-order valence-corrected chi connectivity index (χ3v) is 3.95. The van der Waals surface area contributed by atoms with Crippen molar-refractivity contribution in [2.75, 3.05) is 0 Å². The molecule has 1 aliphatic carbocycles. The molecule has 0 bridgehead atoms. The van der Waals surface area contributed by atoms with E-state index in [1.165, 1.54) is 12.8 Å². The van der Waals surface area contributed by atoms with Crippen molar-refractivity contribution < 1.29 is 9.53 Å². The third-order valence-electron chi connectivity index (χ3n) is 3.95. The molecule has 1 atom stereocenters. The lowest BCUT2D eigenvalue weighted by molar-refractivity contribution is -0.127. The Hall–Kier alpha value is -2.10. The van der Waals surface area contributed by atoms with E-state index in [2.05, 4.69) is 10.3 Å². The van der Waals surface area contributed by atoms with Crippen LogP contribution in [-0.4, -0.2) is 23.0 Å². The summed E-state index contributed by atoms with van der Waals surface area (Å²) in [5, 5.41) is 4.06. The summed E-state index contributed by atoms with van der Waals surface area (Å²) in [5.41, 5.74) is 0.924. The lowest BCUT2D eigenvalue weighted by Gasteiger charge is -2.18. The van der Waals surface area contributed by atoms with Gasteiger partial charge in [-0.15, -0.1) is 0 Å². The molecule has 1 aromatic carbocycles. The van der Waals surface area contributed by atoms with Crippen molar-refractivity contribution in [3.8, 4) is 5.75 Å². The fraction of sp³-hybridized carbons (Fsp3) is 0.412. The molecule has 0 radical (unpaired) electrons. The van der Waals surface area contributed by atoms with Crippen molar-refractivity contribution >= 4 is 16.8 Å².